The van der Waals surface area contributed by atoms with Crippen molar-refractivity contribution in [3.63, 3.8) is 0 Å². The smallest absolute Gasteiger partial charge is 0.238 e. The number of fused-ring (bicyclic) bond motifs is 1. The largest absolute Gasteiger partial charge is 0.367 e. The lowest BCUT2D eigenvalue weighted by atomic mass is 10.1. The van der Waals surface area contributed by atoms with Crippen molar-refractivity contribution in [2.45, 2.75) is 0 Å². The molecule has 0 fully saturated rings. The number of nitrogens with two attached hydrogens (primary N) is 1. The molecule has 0 aliphatic heterocycles. The zero-order valence-corrected chi connectivity index (χ0v) is 9.44. The van der Waals surface area contributed by atoms with E-state index in [-0.39, 0.29) is 22.7 Å². The van der Waals surface area contributed by atoms with E-state index in [9.17, 15) is 13.2 Å². The first-order valence-corrected chi connectivity index (χ1v) is 5.32. The molecular weight excluding hydrogens is 257 g/mol. The van der Waals surface area contributed by atoms with Gasteiger partial charge in [0, 0.05) is 6.07 Å². The molecule has 0 aliphatic rings. The second-order valence-corrected chi connectivity index (χ2v) is 3.89. The van der Waals surface area contributed by atoms with Crippen LogP contribution in [0, 0.1) is 17.5 Å². The molecule has 0 saturated carbocycles. The Kier molecular flexibility index (Phi) is 2.41. The Morgan fingerprint density at radius 2 is 1.74 bits per heavy atom. The van der Waals surface area contributed by atoms with E-state index < -0.39 is 17.5 Å². The van der Waals surface area contributed by atoms with Crippen molar-refractivity contribution in [1.82, 2.24) is 14.6 Å². The van der Waals surface area contributed by atoms with Gasteiger partial charge in [0.15, 0.2) is 5.82 Å². The Morgan fingerprint density at radius 3 is 2.42 bits per heavy atom. The third-order valence-corrected chi connectivity index (χ3v) is 2.70. The Bertz CT molecular complexity index is 762. The lowest BCUT2D eigenvalue weighted by molar-refractivity contribution is 0.587. The maximum atomic E-state index is 13.7. The summed E-state index contributed by atoms with van der Waals surface area (Å²) in [4.78, 5) is 3.64. The Balaban J connectivity index is 2.40. The van der Waals surface area contributed by atoms with Crippen molar-refractivity contribution in [2.75, 3.05) is 5.73 Å². The molecule has 0 amide bonds. The fraction of sp³-hybridized carbons (Fsp3) is 0. The second kappa shape index (κ2) is 3.98. The third-order valence-electron chi connectivity index (χ3n) is 2.70. The van der Waals surface area contributed by atoms with E-state index in [1.54, 1.807) is 0 Å². The molecule has 0 unspecified atom stereocenters. The van der Waals surface area contributed by atoms with Gasteiger partial charge in [-0.15, -0.1) is 5.10 Å². The quantitative estimate of drug-likeness (QED) is 0.734. The van der Waals surface area contributed by atoms with Crippen molar-refractivity contribution in [2.24, 2.45) is 0 Å². The van der Waals surface area contributed by atoms with Crippen molar-refractivity contribution in [3.8, 4) is 11.3 Å². The second-order valence-electron chi connectivity index (χ2n) is 3.89. The number of benzene rings is 1. The first-order valence-electron chi connectivity index (χ1n) is 5.32. The molecule has 0 saturated heterocycles. The van der Waals surface area contributed by atoms with Gasteiger partial charge in [-0.05, 0) is 12.1 Å². The van der Waals surface area contributed by atoms with E-state index in [1.165, 1.54) is 6.07 Å². The summed E-state index contributed by atoms with van der Waals surface area (Å²) in [5, 5.41) is 3.77. The summed E-state index contributed by atoms with van der Waals surface area (Å²) in [7, 11) is 0. The average molecular weight is 264 g/mol. The lowest BCUT2D eigenvalue weighted by Gasteiger charge is -2.04. The molecule has 3 aromatic rings. The summed E-state index contributed by atoms with van der Waals surface area (Å²) < 4.78 is 42.2. The Morgan fingerprint density at radius 1 is 1.05 bits per heavy atom. The summed E-state index contributed by atoms with van der Waals surface area (Å²) in [6, 6.07) is 4.38. The van der Waals surface area contributed by atoms with Crippen molar-refractivity contribution < 1.29 is 13.2 Å². The van der Waals surface area contributed by atoms with Crippen LogP contribution >= 0.6 is 0 Å². The molecule has 7 heteroatoms. The fourth-order valence-corrected chi connectivity index (χ4v) is 1.89. The van der Waals surface area contributed by atoms with Gasteiger partial charge in [0.1, 0.15) is 17.2 Å². The highest BCUT2D eigenvalue weighted by Crippen LogP contribution is 2.28. The predicted octanol–water partition coefficient (Wildman–Crippen LogP) is 2.40. The predicted molar refractivity (Wildman–Crippen MR) is 62.7 cm³/mol. The third kappa shape index (κ3) is 1.70. The maximum absolute atomic E-state index is 13.7. The molecule has 2 heterocycles. The van der Waals surface area contributed by atoms with Gasteiger partial charge in [-0.1, -0.05) is 6.07 Å². The van der Waals surface area contributed by atoms with Crippen molar-refractivity contribution in [3.05, 3.63) is 47.9 Å². The normalized spacial score (nSPS) is 11.1. The zero-order valence-electron chi connectivity index (χ0n) is 9.44. The molecule has 2 N–H and O–H groups in total. The zero-order chi connectivity index (χ0) is 13.6. The molecule has 19 heavy (non-hydrogen) atoms. The van der Waals surface area contributed by atoms with E-state index in [0.717, 1.165) is 28.9 Å². The SMILES string of the molecule is Nc1ncc2c(F)cc(-c3c(F)cccc3F)n2n1. The molecule has 2 aromatic heterocycles. The number of halogens is 3. The van der Waals surface area contributed by atoms with Crippen LogP contribution in [0.2, 0.25) is 0 Å². The summed E-state index contributed by atoms with van der Waals surface area (Å²) in [6.07, 6.45) is 1.15. The first-order chi connectivity index (χ1) is 9.08. The summed E-state index contributed by atoms with van der Waals surface area (Å²) in [5.41, 5.74) is 4.98. The highest BCUT2D eigenvalue weighted by Gasteiger charge is 2.18. The van der Waals surface area contributed by atoms with Crippen LogP contribution in [-0.2, 0) is 0 Å². The highest BCUT2D eigenvalue weighted by atomic mass is 19.1. The van der Waals surface area contributed by atoms with Crippen LogP contribution in [0.1, 0.15) is 0 Å². The number of rotatable bonds is 1. The number of aromatic nitrogens is 3. The lowest BCUT2D eigenvalue weighted by Crippen LogP contribution is -2.03. The van der Waals surface area contributed by atoms with Gasteiger partial charge in [0.2, 0.25) is 5.95 Å². The molecule has 0 radical (unpaired) electrons. The monoisotopic (exact) mass is 264 g/mol. The van der Waals surface area contributed by atoms with E-state index >= 15 is 0 Å². The molecule has 0 spiro atoms. The maximum Gasteiger partial charge on any atom is 0.238 e. The highest BCUT2D eigenvalue weighted by molar-refractivity contribution is 5.68. The number of anilines is 1. The van der Waals surface area contributed by atoms with E-state index in [4.69, 9.17) is 5.73 Å². The number of nitrogen functional groups attached to an aromatic ring is 1. The van der Waals surface area contributed by atoms with Crippen LogP contribution < -0.4 is 5.73 Å². The topological polar surface area (TPSA) is 56.2 Å². The minimum Gasteiger partial charge on any atom is -0.367 e. The van der Waals surface area contributed by atoms with Crippen LogP contribution in [0.4, 0.5) is 19.1 Å². The molecular formula is C12H7F3N4. The van der Waals surface area contributed by atoms with Gasteiger partial charge < -0.3 is 5.73 Å². The fourth-order valence-electron chi connectivity index (χ4n) is 1.89. The van der Waals surface area contributed by atoms with Crippen LogP contribution in [-0.4, -0.2) is 14.6 Å². The summed E-state index contributed by atoms with van der Waals surface area (Å²) in [5.74, 6) is -2.42. The molecule has 3 rings (SSSR count). The van der Waals surface area contributed by atoms with Crippen LogP contribution in [0.25, 0.3) is 16.8 Å². The van der Waals surface area contributed by atoms with E-state index in [1.807, 2.05) is 0 Å². The van der Waals surface area contributed by atoms with E-state index in [2.05, 4.69) is 10.1 Å². The van der Waals surface area contributed by atoms with Gasteiger partial charge in [-0.2, -0.15) is 0 Å². The summed E-state index contributed by atoms with van der Waals surface area (Å²) >= 11 is 0. The van der Waals surface area contributed by atoms with Gasteiger partial charge in [-0.3, -0.25) is 0 Å². The van der Waals surface area contributed by atoms with Crippen LogP contribution in [0.15, 0.2) is 30.5 Å². The van der Waals surface area contributed by atoms with Crippen LogP contribution in [0.5, 0.6) is 0 Å². The standard InChI is InChI=1S/C12H7F3N4/c13-6-2-1-3-7(14)11(6)9-4-8(15)10-5-17-12(16)18-19(9)10/h1-5H,(H2,16,18). The van der Waals surface area contributed by atoms with Gasteiger partial charge in [0.05, 0.1) is 17.5 Å². The van der Waals surface area contributed by atoms with Crippen molar-refractivity contribution >= 4 is 11.5 Å². The Hall–Kier alpha value is -2.57. The van der Waals surface area contributed by atoms with E-state index in [0.29, 0.717) is 0 Å². The number of hydrogen-bond donors (Lipinski definition) is 1. The Labute approximate surface area is 105 Å². The molecule has 0 aliphatic carbocycles. The molecule has 4 nitrogen and oxygen atoms in total. The molecule has 96 valence electrons. The summed E-state index contributed by atoms with van der Waals surface area (Å²) in [6.45, 7) is 0. The molecule has 0 bridgehead atoms. The van der Waals surface area contributed by atoms with Gasteiger partial charge >= 0.3 is 0 Å². The first kappa shape index (κ1) is 11.5. The minimum absolute atomic E-state index is 0.00754. The van der Waals surface area contributed by atoms with Crippen LogP contribution in [0.3, 0.4) is 0 Å². The average Bonchev–Trinajstić information content (AvgIpc) is 2.66. The van der Waals surface area contributed by atoms with Crippen molar-refractivity contribution in [1.29, 1.82) is 0 Å². The van der Waals surface area contributed by atoms with Gasteiger partial charge in [-0.25, -0.2) is 22.7 Å². The number of nitrogens with zero attached hydrogens (tertiary/aromatic N) is 3. The minimum atomic E-state index is -0.809. The molecule has 1 aromatic carbocycles. The van der Waals surface area contributed by atoms with Gasteiger partial charge in [0.25, 0.3) is 0 Å². The number of hydrogen-bond acceptors (Lipinski definition) is 3. The molecule has 0 atom stereocenters.